The van der Waals surface area contributed by atoms with Gasteiger partial charge in [-0.1, -0.05) is 13.8 Å². The molecule has 12 nitrogen and oxygen atoms in total. The summed E-state index contributed by atoms with van der Waals surface area (Å²) in [5.74, 6) is -0.958. The van der Waals surface area contributed by atoms with Crippen molar-refractivity contribution in [2.75, 3.05) is 72.6 Å². The number of amides is 1. The van der Waals surface area contributed by atoms with E-state index in [4.69, 9.17) is 33.2 Å². The van der Waals surface area contributed by atoms with Crippen LogP contribution in [0.25, 0.3) is 0 Å². The van der Waals surface area contributed by atoms with Gasteiger partial charge in [-0.25, -0.2) is 9.59 Å². The minimum Gasteiger partial charge on any atom is -0.462 e. The molecule has 1 N–H and O–H groups in total. The van der Waals surface area contributed by atoms with Crippen molar-refractivity contribution in [1.82, 2.24) is 10.2 Å². The van der Waals surface area contributed by atoms with Gasteiger partial charge in [0.05, 0.1) is 38.6 Å². The van der Waals surface area contributed by atoms with Gasteiger partial charge >= 0.3 is 12.1 Å². The van der Waals surface area contributed by atoms with Crippen LogP contribution >= 0.6 is 0 Å². The number of nitrogens with zero attached hydrogens (tertiary/aromatic N) is 1. The molecule has 246 valence electrons. The van der Waals surface area contributed by atoms with Crippen molar-refractivity contribution >= 4 is 18.0 Å². The van der Waals surface area contributed by atoms with Crippen LogP contribution in [0.5, 0.6) is 0 Å². The fraction of sp³-hybridized carbons (Fsp3) is 0.900. The maximum absolute atomic E-state index is 13.2. The lowest BCUT2D eigenvalue weighted by atomic mass is 9.91. The third-order valence-electron chi connectivity index (χ3n) is 6.54. The van der Waals surface area contributed by atoms with Gasteiger partial charge in [0.25, 0.3) is 0 Å². The van der Waals surface area contributed by atoms with Crippen LogP contribution in [0, 0.1) is 10.8 Å². The van der Waals surface area contributed by atoms with E-state index in [-0.39, 0.29) is 44.5 Å². The number of hydrogen-bond acceptors (Lipinski definition) is 11. The molecule has 1 aliphatic rings. The number of hydrogen-bond donors (Lipinski definition) is 1. The van der Waals surface area contributed by atoms with Crippen molar-refractivity contribution in [2.45, 2.75) is 93.0 Å². The second-order valence-corrected chi connectivity index (χ2v) is 12.9. The zero-order valence-electron chi connectivity index (χ0n) is 27.4. The molecule has 1 unspecified atom stereocenters. The minimum atomic E-state index is -1.25. The summed E-state index contributed by atoms with van der Waals surface area (Å²) in [5, 5.41) is 2.93. The number of nitrogens with one attached hydrogen (secondary N) is 1. The number of ether oxygens (including phenoxy) is 7. The fourth-order valence-corrected chi connectivity index (χ4v) is 3.84. The van der Waals surface area contributed by atoms with E-state index in [2.05, 4.69) is 10.2 Å². The van der Waals surface area contributed by atoms with Crippen LogP contribution in [-0.2, 0) is 42.7 Å². The van der Waals surface area contributed by atoms with E-state index in [1.165, 1.54) is 0 Å². The Morgan fingerprint density at radius 2 is 1.43 bits per heavy atom. The molecular weight excluding hydrogens is 548 g/mol. The van der Waals surface area contributed by atoms with E-state index in [0.717, 1.165) is 32.5 Å². The topological polar surface area (TPSA) is 131 Å². The van der Waals surface area contributed by atoms with E-state index in [9.17, 15) is 14.4 Å². The van der Waals surface area contributed by atoms with Crippen molar-refractivity contribution in [2.24, 2.45) is 10.8 Å². The smallest absolute Gasteiger partial charge is 0.462 e. The van der Waals surface area contributed by atoms with Crippen LogP contribution in [0.3, 0.4) is 0 Å². The molecule has 0 aromatic carbocycles. The fourth-order valence-electron chi connectivity index (χ4n) is 3.84. The van der Waals surface area contributed by atoms with Gasteiger partial charge in [-0.05, 0) is 74.4 Å². The van der Waals surface area contributed by atoms with Gasteiger partial charge in [0.2, 0.25) is 5.91 Å². The first-order valence-electron chi connectivity index (χ1n) is 15.0. The summed E-state index contributed by atoms with van der Waals surface area (Å²) in [4.78, 5) is 40.4. The average Bonchev–Trinajstić information content (AvgIpc) is 3.43. The molecule has 0 aromatic heterocycles. The Kier molecular flexibility index (Phi) is 16.9. The highest BCUT2D eigenvalue weighted by atomic mass is 16.8. The lowest BCUT2D eigenvalue weighted by Gasteiger charge is -2.30. The molecule has 12 heteroatoms. The van der Waals surface area contributed by atoms with E-state index >= 15 is 0 Å². The van der Waals surface area contributed by atoms with Crippen molar-refractivity contribution < 1.29 is 47.5 Å². The van der Waals surface area contributed by atoms with Crippen LogP contribution in [0.1, 0.15) is 75.2 Å². The SMILES string of the molecule is CC(C)OCCOC(C)(C)C(=O)OCC(C)(COCOC(=O)OCC(C)(C)COC(C)C)C(=O)NCCN1CCCC1. The highest BCUT2D eigenvalue weighted by Gasteiger charge is 2.38. The number of rotatable bonds is 21. The number of carbonyl (C=O) groups is 3. The summed E-state index contributed by atoms with van der Waals surface area (Å²) < 4.78 is 38.0. The van der Waals surface area contributed by atoms with Crippen molar-refractivity contribution in [3.05, 3.63) is 0 Å². The van der Waals surface area contributed by atoms with Crippen LogP contribution in [-0.4, -0.2) is 113 Å². The van der Waals surface area contributed by atoms with Crippen LogP contribution in [0.15, 0.2) is 0 Å². The molecule has 0 aliphatic carbocycles. The van der Waals surface area contributed by atoms with Gasteiger partial charge in [-0.2, -0.15) is 0 Å². The Bertz CT molecular complexity index is 812. The van der Waals surface area contributed by atoms with E-state index in [1.54, 1.807) is 20.8 Å². The molecule has 0 saturated carbocycles. The highest BCUT2D eigenvalue weighted by Crippen LogP contribution is 2.21. The van der Waals surface area contributed by atoms with Crippen LogP contribution in [0.2, 0.25) is 0 Å². The summed E-state index contributed by atoms with van der Waals surface area (Å²) in [5.41, 5.74) is -2.88. The van der Waals surface area contributed by atoms with Gasteiger partial charge in [0, 0.05) is 18.5 Å². The summed E-state index contributed by atoms with van der Waals surface area (Å²) >= 11 is 0. The zero-order chi connectivity index (χ0) is 31.8. The van der Waals surface area contributed by atoms with Crippen molar-refractivity contribution in [3.8, 4) is 0 Å². The first-order chi connectivity index (χ1) is 19.6. The predicted molar refractivity (Wildman–Crippen MR) is 157 cm³/mol. The molecule has 1 aliphatic heterocycles. The first kappa shape index (κ1) is 38.0. The lowest BCUT2D eigenvalue weighted by Crippen LogP contribution is -2.49. The molecule has 1 heterocycles. The second kappa shape index (κ2) is 18.6. The van der Waals surface area contributed by atoms with Gasteiger partial charge < -0.3 is 43.4 Å². The van der Waals surface area contributed by atoms with Crippen LogP contribution < -0.4 is 5.32 Å². The van der Waals surface area contributed by atoms with E-state index in [1.807, 2.05) is 41.5 Å². The second-order valence-electron chi connectivity index (χ2n) is 12.9. The van der Waals surface area contributed by atoms with E-state index < -0.39 is 35.3 Å². The molecule has 1 rings (SSSR count). The van der Waals surface area contributed by atoms with Crippen molar-refractivity contribution in [1.29, 1.82) is 0 Å². The third-order valence-corrected chi connectivity index (χ3v) is 6.54. The normalized spacial score (nSPS) is 16.0. The van der Waals surface area contributed by atoms with Crippen LogP contribution in [0.4, 0.5) is 4.79 Å². The summed E-state index contributed by atoms with van der Waals surface area (Å²) in [6.45, 7) is 19.8. The Balaban J connectivity index is 2.64. The summed E-state index contributed by atoms with van der Waals surface area (Å²) in [7, 11) is 0. The molecular formula is C30H56N2O10. The maximum atomic E-state index is 13.2. The molecule has 42 heavy (non-hydrogen) atoms. The lowest BCUT2D eigenvalue weighted by molar-refractivity contribution is -0.176. The predicted octanol–water partition coefficient (Wildman–Crippen LogP) is 3.55. The van der Waals surface area contributed by atoms with Gasteiger partial charge in [-0.15, -0.1) is 0 Å². The summed E-state index contributed by atoms with van der Waals surface area (Å²) in [6.07, 6.45) is 1.54. The van der Waals surface area contributed by atoms with Gasteiger partial charge in [0.15, 0.2) is 12.4 Å². The Hall–Kier alpha value is -1.99. The highest BCUT2D eigenvalue weighted by molar-refractivity contribution is 5.83. The number of likely N-dealkylation sites (tertiary alicyclic amines) is 1. The van der Waals surface area contributed by atoms with Gasteiger partial charge in [0.1, 0.15) is 18.6 Å². The Morgan fingerprint density at radius 1 is 0.786 bits per heavy atom. The average molecular weight is 605 g/mol. The molecule has 0 bridgehead atoms. The van der Waals surface area contributed by atoms with Gasteiger partial charge in [-0.3, -0.25) is 4.79 Å². The summed E-state index contributed by atoms with van der Waals surface area (Å²) in [6, 6.07) is 0. The number of carbonyl (C=O) groups excluding carboxylic acids is 3. The third kappa shape index (κ3) is 16.0. The molecule has 1 atom stereocenters. The Labute approximate surface area is 252 Å². The maximum Gasteiger partial charge on any atom is 0.510 e. The molecule has 1 amide bonds. The molecule has 0 spiro atoms. The quantitative estimate of drug-likeness (QED) is 0.117. The van der Waals surface area contributed by atoms with Crippen molar-refractivity contribution in [3.63, 3.8) is 0 Å². The standard InChI is InChI=1S/C30H56N2O10/c1-23(2)37-16-17-42-29(7,8)26(34)39-21-30(9,25(33)31-12-15-32-13-10-11-14-32)20-36-22-41-27(35)40-19-28(5,6)18-38-24(3)4/h23-24H,10-22H2,1-9H3,(H,31,33). The number of esters is 1. The molecule has 1 fully saturated rings. The first-order valence-corrected chi connectivity index (χ1v) is 15.0. The largest absolute Gasteiger partial charge is 0.510 e. The molecule has 0 radical (unpaired) electrons. The molecule has 0 aromatic rings. The Morgan fingerprint density at radius 3 is 2.05 bits per heavy atom. The molecule has 1 saturated heterocycles. The monoisotopic (exact) mass is 604 g/mol. The zero-order valence-corrected chi connectivity index (χ0v) is 27.4. The van der Waals surface area contributed by atoms with E-state index in [0.29, 0.717) is 19.8 Å². The minimum absolute atomic E-state index is 0.0512.